The van der Waals surface area contributed by atoms with Crippen molar-refractivity contribution >= 4 is 5.91 Å². The van der Waals surface area contributed by atoms with Gasteiger partial charge in [0.1, 0.15) is 11.8 Å². The SMILES string of the molecule is CC(Oc1ccccc1C#N)C(=O)NC(C)(CO)CO. The van der Waals surface area contributed by atoms with Gasteiger partial charge in [0, 0.05) is 0 Å². The number of rotatable bonds is 6. The maximum Gasteiger partial charge on any atom is 0.261 e. The molecular weight excluding hydrogens is 260 g/mol. The van der Waals surface area contributed by atoms with Crippen molar-refractivity contribution in [2.24, 2.45) is 0 Å². The maximum absolute atomic E-state index is 11.9. The number of hydrogen-bond donors (Lipinski definition) is 3. The molecule has 0 bridgehead atoms. The summed E-state index contributed by atoms with van der Waals surface area (Å²) >= 11 is 0. The number of carbonyl (C=O) groups excluding carboxylic acids is 1. The molecule has 20 heavy (non-hydrogen) atoms. The number of amides is 1. The summed E-state index contributed by atoms with van der Waals surface area (Å²) in [5.74, 6) is -0.171. The van der Waals surface area contributed by atoms with E-state index >= 15 is 0 Å². The van der Waals surface area contributed by atoms with Gasteiger partial charge in [0.15, 0.2) is 6.10 Å². The Balaban J connectivity index is 2.74. The van der Waals surface area contributed by atoms with Gasteiger partial charge < -0.3 is 20.3 Å². The Labute approximate surface area is 117 Å². The monoisotopic (exact) mass is 278 g/mol. The normalized spacial score (nSPS) is 12.3. The zero-order valence-electron chi connectivity index (χ0n) is 11.5. The minimum atomic E-state index is -1.11. The van der Waals surface area contributed by atoms with Crippen LogP contribution in [-0.4, -0.2) is 41.0 Å². The lowest BCUT2D eigenvalue weighted by Crippen LogP contribution is -2.55. The van der Waals surface area contributed by atoms with Gasteiger partial charge in [0.2, 0.25) is 0 Å². The first-order valence-corrected chi connectivity index (χ1v) is 6.15. The molecule has 1 aromatic carbocycles. The molecule has 0 spiro atoms. The number of aliphatic hydroxyl groups excluding tert-OH is 2. The molecule has 0 aliphatic heterocycles. The molecule has 6 heteroatoms. The second kappa shape index (κ2) is 6.89. The van der Waals surface area contributed by atoms with Crippen LogP contribution in [0.2, 0.25) is 0 Å². The average Bonchev–Trinajstić information content (AvgIpc) is 2.47. The summed E-state index contributed by atoms with van der Waals surface area (Å²) in [6.45, 7) is 2.26. The van der Waals surface area contributed by atoms with Gasteiger partial charge in [-0.05, 0) is 26.0 Å². The predicted molar refractivity (Wildman–Crippen MR) is 72.0 cm³/mol. The minimum Gasteiger partial charge on any atom is -0.480 e. The Kier molecular flexibility index (Phi) is 5.50. The minimum absolute atomic E-state index is 0.312. The van der Waals surface area contributed by atoms with Crippen molar-refractivity contribution in [1.29, 1.82) is 5.26 Å². The molecule has 1 atom stereocenters. The fourth-order valence-electron chi connectivity index (χ4n) is 1.43. The third kappa shape index (κ3) is 3.95. The standard InChI is InChI=1S/C14H18N2O4/c1-10(13(19)16-14(2,8-17)9-18)20-12-6-4-3-5-11(12)7-15/h3-6,10,17-18H,8-9H2,1-2H3,(H,16,19). The van der Waals surface area contributed by atoms with Crippen molar-refractivity contribution in [3.05, 3.63) is 29.8 Å². The first-order valence-electron chi connectivity index (χ1n) is 6.15. The fourth-order valence-corrected chi connectivity index (χ4v) is 1.43. The van der Waals surface area contributed by atoms with E-state index in [0.29, 0.717) is 11.3 Å². The lowest BCUT2D eigenvalue weighted by Gasteiger charge is -2.28. The highest BCUT2D eigenvalue weighted by Crippen LogP contribution is 2.18. The zero-order chi connectivity index (χ0) is 15.2. The summed E-state index contributed by atoms with van der Waals surface area (Å²) in [6.07, 6.45) is -0.859. The van der Waals surface area contributed by atoms with E-state index in [9.17, 15) is 4.79 Å². The Hall–Kier alpha value is -2.10. The highest BCUT2D eigenvalue weighted by molar-refractivity contribution is 5.81. The topological polar surface area (TPSA) is 103 Å². The maximum atomic E-state index is 11.9. The van der Waals surface area contributed by atoms with Crippen LogP contribution in [0.15, 0.2) is 24.3 Å². The van der Waals surface area contributed by atoms with Crippen molar-refractivity contribution in [2.75, 3.05) is 13.2 Å². The summed E-state index contributed by atoms with van der Waals surface area (Å²) in [5, 5.41) is 29.7. The molecule has 108 valence electrons. The Morgan fingerprint density at radius 1 is 1.45 bits per heavy atom. The number of nitrogens with zero attached hydrogens (tertiary/aromatic N) is 1. The highest BCUT2D eigenvalue weighted by atomic mass is 16.5. The second-order valence-corrected chi connectivity index (χ2v) is 4.73. The number of carbonyl (C=O) groups is 1. The average molecular weight is 278 g/mol. The third-order valence-corrected chi connectivity index (χ3v) is 2.80. The lowest BCUT2D eigenvalue weighted by atomic mass is 10.1. The highest BCUT2D eigenvalue weighted by Gasteiger charge is 2.27. The molecule has 1 rings (SSSR count). The number of nitriles is 1. The van der Waals surface area contributed by atoms with Gasteiger partial charge in [-0.25, -0.2) is 0 Å². The molecule has 0 heterocycles. The molecule has 0 aliphatic rings. The van der Waals surface area contributed by atoms with E-state index < -0.39 is 30.8 Å². The van der Waals surface area contributed by atoms with Crippen LogP contribution in [0.4, 0.5) is 0 Å². The van der Waals surface area contributed by atoms with Gasteiger partial charge in [-0.15, -0.1) is 0 Å². The van der Waals surface area contributed by atoms with Gasteiger partial charge in [-0.3, -0.25) is 4.79 Å². The number of para-hydroxylation sites is 1. The first kappa shape index (κ1) is 16.0. The van der Waals surface area contributed by atoms with Crippen molar-refractivity contribution in [2.45, 2.75) is 25.5 Å². The Bertz CT molecular complexity index is 506. The summed E-state index contributed by atoms with van der Waals surface area (Å²) in [5.41, 5.74) is -0.775. The van der Waals surface area contributed by atoms with E-state index in [1.165, 1.54) is 13.8 Å². The van der Waals surface area contributed by atoms with Crippen molar-refractivity contribution in [3.63, 3.8) is 0 Å². The van der Waals surface area contributed by atoms with E-state index in [1.807, 2.05) is 6.07 Å². The van der Waals surface area contributed by atoms with E-state index in [2.05, 4.69) is 5.32 Å². The van der Waals surface area contributed by atoms with Gasteiger partial charge in [-0.1, -0.05) is 12.1 Å². The van der Waals surface area contributed by atoms with E-state index in [1.54, 1.807) is 24.3 Å². The van der Waals surface area contributed by atoms with E-state index in [0.717, 1.165) is 0 Å². The molecule has 1 unspecified atom stereocenters. The molecule has 0 saturated carbocycles. The number of aliphatic hydroxyl groups is 2. The van der Waals surface area contributed by atoms with E-state index in [-0.39, 0.29) is 0 Å². The number of benzene rings is 1. The molecule has 0 radical (unpaired) electrons. The molecule has 0 aliphatic carbocycles. The zero-order valence-corrected chi connectivity index (χ0v) is 11.5. The van der Waals surface area contributed by atoms with Crippen LogP contribution >= 0.6 is 0 Å². The van der Waals surface area contributed by atoms with Gasteiger partial charge in [-0.2, -0.15) is 5.26 Å². The van der Waals surface area contributed by atoms with Crippen LogP contribution in [-0.2, 0) is 4.79 Å². The fraction of sp³-hybridized carbons (Fsp3) is 0.429. The van der Waals surface area contributed by atoms with Gasteiger partial charge >= 0.3 is 0 Å². The largest absolute Gasteiger partial charge is 0.480 e. The molecule has 6 nitrogen and oxygen atoms in total. The van der Waals surface area contributed by atoms with Crippen LogP contribution in [0.5, 0.6) is 5.75 Å². The van der Waals surface area contributed by atoms with Gasteiger partial charge in [0.05, 0.1) is 24.3 Å². The summed E-state index contributed by atoms with van der Waals surface area (Å²) in [7, 11) is 0. The van der Waals surface area contributed by atoms with Crippen LogP contribution in [0.25, 0.3) is 0 Å². The van der Waals surface area contributed by atoms with Crippen LogP contribution < -0.4 is 10.1 Å². The summed E-state index contributed by atoms with van der Waals surface area (Å²) in [6, 6.07) is 8.56. The number of ether oxygens (including phenoxy) is 1. The van der Waals surface area contributed by atoms with Crippen molar-refractivity contribution < 1.29 is 19.7 Å². The lowest BCUT2D eigenvalue weighted by molar-refractivity contribution is -0.130. The Morgan fingerprint density at radius 3 is 2.60 bits per heavy atom. The van der Waals surface area contributed by atoms with Crippen LogP contribution in [0.1, 0.15) is 19.4 Å². The Morgan fingerprint density at radius 2 is 2.05 bits per heavy atom. The van der Waals surface area contributed by atoms with Crippen molar-refractivity contribution in [1.82, 2.24) is 5.32 Å². The molecule has 1 amide bonds. The second-order valence-electron chi connectivity index (χ2n) is 4.73. The molecule has 0 saturated heterocycles. The smallest absolute Gasteiger partial charge is 0.261 e. The molecule has 1 aromatic rings. The summed E-state index contributed by atoms with van der Waals surface area (Å²) in [4.78, 5) is 11.9. The van der Waals surface area contributed by atoms with Crippen LogP contribution in [0.3, 0.4) is 0 Å². The van der Waals surface area contributed by atoms with Gasteiger partial charge in [0.25, 0.3) is 5.91 Å². The molecule has 0 fully saturated rings. The molecular formula is C14H18N2O4. The van der Waals surface area contributed by atoms with Crippen molar-refractivity contribution in [3.8, 4) is 11.8 Å². The van der Waals surface area contributed by atoms with Crippen LogP contribution in [0, 0.1) is 11.3 Å². The third-order valence-electron chi connectivity index (χ3n) is 2.80. The predicted octanol–water partition coefficient (Wildman–Crippen LogP) is 0.185. The first-order chi connectivity index (χ1) is 9.45. The van der Waals surface area contributed by atoms with E-state index in [4.69, 9.17) is 20.2 Å². The molecule has 0 aromatic heterocycles. The molecule has 3 N–H and O–H groups in total. The number of nitrogens with one attached hydrogen (secondary N) is 1. The number of hydrogen-bond acceptors (Lipinski definition) is 5. The summed E-state index contributed by atoms with van der Waals surface area (Å²) < 4.78 is 5.44. The quantitative estimate of drug-likeness (QED) is 0.689.